The van der Waals surface area contributed by atoms with Crippen LogP contribution in [0.15, 0.2) is 48.8 Å². The Kier molecular flexibility index (Phi) is 3.48. The van der Waals surface area contributed by atoms with Crippen molar-refractivity contribution in [1.82, 2.24) is 9.97 Å². The molecule has 0 fully saturated rings. The third-order valence-electron chi connectivity index (χ3n) is 3.74. The van der Waals surface area contributed by atoms with Crippen molar-refractivity contribution in [2.24, 2.45) is 0 Å². The normalized spacial score (nSPS) is 10.8. The minimum absolute atomic E-state index is 0.0735. The van der Waals surface area contributed by atoms with Crippen LogP contribution >= 0.6 is 0 Å². The quantitative estimate of drug-likeness (QED) is 0.685. The number of hydrogen-bond acceptors (Lipinski definition) is 3. The summed E-state index contributed by atoms with van der Waals surface area (Å²) in [5, 5.41) is 0. The van der Waals surface area contributed by atoms with Crippen molar-refractivity contribution in [1.29, 1.82) is 0 Å². The van der Waals surface area contributed by atoms with E-state index in [1.54, 1.807) is 12.4 Å². The molecule has 0 unspecified atom stereocenters. The predicted octanol–water partition coefficient (Wildman–Crippen LogP) is 3.67. The molecular weight excluding hydrogens is 260 g/mol. The van der Waals surface area contributed by atoms with E-state index in [1.165, 1.54) is 11.1 Å². The van der Waals surface area contributed by atoms with Crippen molar-refractivity contribution in [2.45, 2.75) is 20.3 Å². The lowest BCUT2D eigenvalue weighted by molar-refractivity contribution is 0.0994. The van der Waals surface area contributed by atoms with Crippen LogP contribution in [0.1, 0.15) is 27.0 Å². The molecule has 0 saturated carbocycles. The standard InChI is InChI=1S/C18H16N2O/c1-12-6-7-14(10-13(12)2)11-17(21)15-4-3-5-16-18(15)20-9-8-19-16/h3-10H,11H2,1-2H3. The number of aromatic nitrogens is 2. The third kappa shape index (κ3) is 2.68. The number of ketones is 1. The maximum Gasteiger partial charge on any atom is 0.169 e. The Hall–Kier alpha value is -2.55. The Balaban J connectivity index is 1.95. The molecule has 0 aliphatic rings. The summed E-state index contributed by atoms with van der Waals surface area (Å²) in [6.45, 7) is 4.13. The number of rotatable bonds is 3. The second-order valence-corrected chi connectivity index (χ2v) is 5.25. The van der Waals surface area contributed by atoms with Crippen molar-refractivity contribution in [3.63, 3.8) is 0 Å². The lowest BCUT2D eigenvalue weighted by Crippen LogP contribution is -2.05. The molecule has 3 nitrogen and oxygen atoms in total. The Morgan fingerprint density at radius 3 is 2.62 bits per heavy atom. The highest BCUT2D eigenvalue weighted by Gasteiger charge is 2.12. The van der Waals surface area contributed by atoms with Gasteiger partial charge in [-0.25, -0.2) is 0 Å². The zero-order chi connectivity index (χ0) is 14.8. The van der Waals surface area contributed by atoms with E-state index in [1.807, 2.05) is 24.3 Å². The third-order valence-corrected chi connectivity index (χ3v) is 3.74. The maximum atomic E-state index is 12.6. The van der Waals surface area contributed by atoms with Crippen LogP contribution in [-0.2, 0) is 6.42 Å². The first kappa shape index (κ1) is 13.4. The van der Waals surface area contributed by atoms with Gasteiger partial charge in [-0.15, -0.1) is 0 Å². The van der Waals surface area contributed by atoms with Gasteiger partial charge in [-0.1, -0.05) is 24.3 Å². The van der Waals surface area contributed by atoms with Crippen LogP contribution in [0.25, 0.3) is 11.0 Å². The van der Waals surface area contributed by atoms with Gasteiger partial charge in [0.1, 0.15) is 0 Å². The molecule has 2 aromatic carbocycles. The first-order chi connectivity index (χ1) is 10.1. The smallest absolute Gasteiger partial charge is 0.169 e. The molecule has 21 heavy (non-hydrogen) atoms. The molecule has 0 atom stereocenters. The highest BCUT2D eigenvalue weighted by Crippen LogP contribution is 2.17. The van der Waals surface area contributed by atoms with Crippen molar-refractivity contribution < 1.29 is 4.79 Å². The van der Waals surface area contributed by atoms with Gasteiger partial charge in [0, 0.05) is 24.4 Å². The molecule has 3 rings (SSSR count). The molecule has 0 aliphatic carbocycles. The zero-order valence-corrected chi connectivity index (χ0v) is 12.1. The van der Waals surface area contributed by atoms with E-state index in [4.69, 9.17) is 0 Å². The van der Waals surface area contributed by atoms with Crippen LogP contribution in [0, 0.1) is 13.8 Å². The fourth-order valence-electron chi connectivity index (χ4n) is 2.41. The largest absolute Gasteiger partial charge is 0.294 e. The molecule has 1 aromatic heterocycles. The Morgan fingerprint density at radius 1 is 1.00 bits per heavy atom. The lowest BCUT2D eigenvalue weighted by Gasteiger charge is -2.06. The highest BCUT2D eigenvalue weighted by molar-refractivity contribution is 6.06. The van der Waals surface area contributed by atoms with Gasteiger partial charge >= 0.3 is 0 Å². The van der Waals surface area contributed by atoms with E-state index in [0.717, 1.165) is 11.1 Å². The summed E-state index contributed by atoms with van der Waals surface area (Å²) < 4.78 is 0. The lowest BCUT2D eigenvalue weighted by atomic mass is 9.99. The van der Waals surface area contributed by atoms with Crippen LogP contribution in [0.4, 0.5) is 0 Å². The van der Waals surface area contributed by atoms with Gasteiger partial charge in [0.05, 0.1) is 11.0 Å². The number of hydrogen-bond donors (Lipinski definition) is 0. The molecule has 3 aromatic rings. The summed E-state index contributed by atoms with van der Waals surface area (Å²) in [6.07, 6.45) is 3.64. The van der Waals surface area contributed by atoms with E-state index in [-0.39, 0.29) is 5.78 Å². The number of carbonyl (C=O) groups excluding carboxylic acids is 1. The Labute approximate surface area is 123 Å². The number of aryl methyl sites for hydroxylation is 2. The van der Waals surface area contributed by atoms with Crippen LogP contribution in [0.5, 0.6) is 0 Å². The molecule has 1 heterocycles. The van der Waals surface area contributed by atoms with Crippen molar-refractivity contribution >= 4 is 16.8 Å². The van der Waals surface area contributed by atoms with E-state index < -0.39 is 0 Å². The summed E-state index contributed by atoms with van der Waals surface area (Å²) in [7, 11) is 0. The molecule has 104 valence electrons. The van der Waals surface area contributed by atoms with Crippen LogP contribution in [0.2, 0.25) is 0 Å². The minimum Gasteiger partial charge on any atom is -0.294 e. The Morgan fingerprint density at radius 2 is 1.81 bits per heavy atom. The van der Waals surface area contributed by atoms with Crippen molar-refractivity contribution in [3.8, 4) is 0 Å². The van der Waals surface area contributed by atoms with Gasteiger partial charge in [-0.2, -0.15) is 0 Å². The van der Waals surface area contributed by atoms with Crippen LogP contribution in [0.3, 0.4) is 0 Å². The number of fused-ring (bicyclic) bond motifs is 1. The average molecular weight is 276 g/mol. The van der Waals surface area contributed by atoms with E-state index in [2.05, 4.69) is 35.9 Å². The van der Waals surface area contributed by atoms with Crippen molar-refractivity contribution in [3.05, 3.63) is 71.0 Å². The Bertz CT molecular complexity index is 819. The maximum absolute atomic E-state index is 12.6. The summed E-state index contributed by atoms with van der Waals surface area (Å²) in [6, 6.07) is 11.7. The minimum atomic E-state index is 0.0735. The van der Waals surface area contributed by atoms with Gasteiger partial charge in [0.2, 0.25) is 0 Å². The summed E-state index contributed by atoms with van der Waals surface area (Å²) in [5.74, 6) is 0.0735. The number of nitrogens with zero attached hydrogens (tertiary/aromatic N) is 2. The fraction of sp³-hybridized carbons (Fsp3) is 0.167. The number of benzene rings is 2. The first-order valence-corrected chi connectivity index (χ1v) is 6.94. The number of carbonyl (C=O) groups is 1. The molecular formula is C18H16N2O. The summed E-state index contributed by atoms with van der Waals surface area (Å²) in [4.78, 5) is 21.1. The van der Waals surface area contributed by atoms with Crippen LogP contribution in [-0.4, -0.2) is 15.8 Å². The highest BCUT2D eigenvalue weighted by atomic mass is 16.1. The monoisotopic (exact) mass is 276 g/mol. The van der Waals surface area contributed by atoms with E-state index in [9.17, 15) is 4.79 Å². The average Bonchev–Trinajstić information content (AvgIpc) is 2.50. The second-order valence-electron chi connectivity index (χ2n) is 5.25. The molecule has 0 bridgehead atoms. The number of Topliss-reactive ketones (excluding diaryl/α,β-unsaturated/α-hetero) is 1. The molecule has 0 aliphatic heterocycles. The van der Waals surface area contributed by atoms with Crippen LogP contribution < -0.4 is 0 Å². The molecule has 0 saturated heterocycles. The summed E-state index contributed by atoms with van der Waals surface area (Å²) in [5.41, 5.74) is 5.54. The number of para-hydroxylation sites is 1. The van der Waals surface area contributed by atoms with Gasteiger partial charge in [-0.3, -0.25) is 14.8 Å². The van der Waals surface area contributed by atoms with Gasteiger partial charge < -0.3 is 0 Å². The molecule has 3 heteroatoms. The second kappa shape index (κ2) is 5.44. The van der Waals surface area contributed by atoms with Crippen molar-refractivity contribution in [2.75, 3.05) is 0 Å². The van der Waals surface area contributed by atoms with Gasteiger partial charge in [0.15, 0.2) is 5.78 Å². The summed E-state index contributed by atoms with van der Waals surface area (Å²) >= 11 is 0. The first-order valence-electron chi connectivity index (χ1n) is 6.94. The zero-order valence-electron chi connectivity index (χ0n) is 12.1. The molecule has 0 N–H and O–H groups in total. The topological polar surface area (TPSA) is 42.9 Å². The van der Waals surface area contributed by atoms with Gasteiger partial charge in [0.25, 0.3) is 0 Å². The SMILES string of the molecule is Cc1ccc(CC(=O)c2cccc3nccnc23)cc1C. The predicted molar refractivity (Wildman–Crippen MR) is 83.5 cm³/mol. The van der Waals surface area contributed by atoms with E-state index >= 15 is 0 Å². The fourth-order valence-corrected chi connectivity index (χ4v) is 2.41. The molecule has 0 radical (unpaired) electrons. The molecule has 0 amide bonds. The van der Waals surface area contributed by atoms with E-state index in [0.29, 0.717) is 17.5 Å². The molecule has 0 spiro atoms. The van der Waals surface area contributed by atoms with Gasteiger partial charge in [-0.05, 0) is 42.7 Å².